The number of thioether (sulfide) groups is 1. The summed E-state index contributed by atoms with van der Waals surface area (Å²) in [7, 11) is 0. The molecule has 2 bridgehead atoms. The molecule has 6 aliphatic heterocycles. The minimum atomic E-state index is 0.220. The molecule has 8 unspecified atom stereocenters. The first-order valence-corrected chi connectivity index (χ1v) is 44.1. The van der Waals surface area contributed by atoms with E-state index in [2.05, 4.69) is 106 Å². The number of rotatable bonds is 12. The van der Waals surface area contributed by atoms with Crippen molar-refractivity contribution < 1.29 is 4.74 Å². The van der Waals surface area contributed by atoms with E-state index in [1.807, 2.05) is 115 Å². The molecule has 3 aliphatic carbocycles. The van der Waals surface area contributed by atoms with E-state index < -0.39 is 0 Å². The Morgan fingerprint density at radius 3 is 0.935 bits per heavy atom. The highest BCUT2D eigenvalue weighted by molar-refractivity contribution is 7.99. The van der Waals surface area contributed by atoms with E-state index in [1.165, 1.54) is 98.0 Å². The first-order valence-electron chi connectivity index (χ1n) is 38.4. The lowest BCUT2D eigenvalue weighted by Gasteiger charge is -2.47. The average Bonchev–Trinajstić information content (AvgIpc) is 1.39. The van der Waals surface area contributed by atoms with Gasteiger partial charge in [-0.05, 0) is 213 Å². The Bertz CT molecular complexity index is 4120. The van der Waals surface area contributed by atoms with Crippen molar-refractivity contribution >= 4 is 174 Å². The van der Waals surface area contributed by atoms with Crippen LogP contribution in [0.25, 0.3) is 0 Å². The molecule has 0 N–H and O–H groups in total. The zero-order valence-electron chi connectivity index (χ0n) is 60.7. The standard InChI is InChI=1S/C23H25Cl3N2.C22H25Cl3N2.C21H23Cl3N2O.C20H21Cl3N2S/c24-18-5-3-16(4-6-18)23-14-27(22-12-15-1-2-17(22)11-15)9-10-28(23)21-8-7-19(25)13-20(21)26;23-17-8-6-16(7-9-17)22-15-26(19-4-2-1-3-5-19)12-13-27(22)21-11-10-18(24)14-20(21)25;22-16-3-1-15(2-4-16)21-14-25(18-7-11-27-12-8-18)9-10-26(21)20-6-5-17(23)13-19(20)24;21-15-3-1-14(2-4-15)20-12-24(17-7-10-26-13-17)8-9-25(20)19-6-5-16(22)11-18(19)23/h3-8,13,15,17,22-23H,1-2,9-12,14H2;6-11,14,19,22H,1-5,12-13,15H2;1-6,13,18,21H,7-12,14H2;1-6,11,17,20H,7-10,12-13H2. The molecule has 0 spiro atoms. The summed E-state index contributed by atoms with van der Waals surface area (Å²) >= 11 is 77.3. The smallest absolute Gasteiger partial charge is 0.0670 e. The summed E-state index contributed by atoms with van der Waals surface area (Å²) in [4.78, 5) is 20.4. The van der Waals surface area contributed by atoms with Gasteiger partial charge in [0.05, 0.1) is 67.0 Å². The van der Waals surface area contributed by atoms with Gasteiger partial charge in [-0.15, -0.1) is 0 Å². The fraction of sp³-hybridized carbons (Fsp3) is 0.442. The highest BCUT2D eigenvalue weighted by Gasteiger charge is 2.45. The van der Waals surface area contributed by atoms with Crippen LogP contribution in [0, 0.1) is 11.8 Å². The minimum Gasteiger partial charge on any atom is -0.381 e. The van der Waals surface area contributed by atoms with E-state index in [0.717, 1.165) is 176 Å². The zero-order valence-corrected chi connectivity index (χ0v) is 70.6. The molecule has 8 aromatic carbocycles. The third-order valence-corrected chi connectivity index (χ3v) is 28.2. The van der Waals surface area contributed by atoms with E-state index in [9.17, 15) is 0 Å². The van der Waals surface area contributed by atoms with Gasteiger partial charge in [0.2, 0.25) is 0 Å². The van der Waals surface area contributed by atoms with E-state index >= 15 is 0 Å². The Morgan fingerprint density at radius 1 is 0.296 bits per heavy atom. The van der Waals surface area contributed by atoms with E-state index in [4.69, 9.17) is 144 Å². The van der Waals surface area contributed by atoms with Gasteiger partial charge in [-0.1, -0.05) is 213 Å². The lowest BCUT2D eigenvalue weighted by molar-refractivity contribution is 0.0270. The lowest BCUT2D eigenvalue weighted by Crippen LogP contribution is -2.53. The first-order chi connectivity index (χ1) is 52.4. The SMILES string of the molecule is Clc1ccc(C2CN(C3CC4CCC3C4)CCN2c2ccc(Cl)cc2Cl)cc1.Clc1ccc(C2CN(C3CCCCC3)CCN2c2ccc(Cl)cc2Cl)cc1.Clc1ccc(C2CN(C3CCOCC3)CCN2c2ccc(Cl)cc2Cl)cc1.Clc1ccc(C2CN(C3CCSC3)CCN2c2ccc(Cl)cc2Cl)cc1. The Hall–Kier alpha value is -3.41. The van der Waals surface area contributed by atoms with Gasteiger partial charge in [-0.2, -0.15) is 11.8 Å². The Balaban J connectivity index is 0.000000121. The molecule has 6 saturated heterocycles. The molecular weight excluding hydrogens is 1620 g/mol. The fourth-order valence-electron chi connectivity index (χ4n) is 18.4. The van der Waals surface area contributed by atoms with E-state index in [0.29, 0.717) is 47.2 Å². The highest BCUT2D eigenvalue weighted by Crippen LogP contribution is 2.49. The van der Waals surface area contributed by atoms with Crippen molar-refractivity contribution in [2.24, 2.45) is 11.8 Å². The third kappa shape index (κ3) is 20.3. The van der Waals surface area contributed by atoms with Crippen LogP contribution in [0.15, 0.2) is 170 Å². The van der Waals surface area contributed by atoms with Gasteiger partial charge in [-0.3, -0.25) is 19.6 Å². The van der Waals surface area contributed by atoms with Gasteiger partial charge >= 0.3 is 0 Å². The van der Waals surface area contributed by atoms with Crippen LogP contribution in [0.4, 0.5) is 22.7 Å². The summed E-state index contributed by atoms with van der Waals surface area (Å²) in [6.45, 7) is 13.8. The molecule has 3 saturated carbocycles. The molecule has 6 heterocycles. The number of anilines is 4. The van der Waals surface area contributed by atoms with Crippen molar-refractivity contribution in [2.75, 3.05) is 123 Å². The maximum Gasteiger partial charge on any atom is 0.0670 e. The first kappa shape index (κ1) is 81.2. The molecule has 9 fully saturated rings. The summed E-state index contributed by atoms with van der Waals surface area (Å²) in [5, 5.41) is 8.60. The number of benzene rings is 8. The second-order valence-electron chi connectivity index (χ2n) is 30.3. The van der Waals surface area contributed by atoms with Gasteiger partial charge in [0.1, 0.15) is 0 Å². The normalized spacial score (nSPS) is 24.7. The van der Waals surface area contributed by atoms with Gasteiger partial charge in [0.25, 0.3) is 0 Å². The Morgan fingerprint density at radius 2 is 0.620 bits per heavy atom. The van der Waals surface area contributed by atoms with Gasteiger partial charge < -0.3 is 24.3 Å². The number of fused-ring (bicyclic) bond motifs is 2. The molecule has 0 radical (unpaired) electrons. The summed E-state index contributed by atoms with van der Waals surface area (Å²) in [6, 6.07) is 59.9. The molecule has 9 nitrogen and oxygen atoms in total. The van der Waals surface area contributed by atoms with Crippen LogP contribution in [-0.4, -0.2) is 147 Å². The number of nitrogens with zero attached hydrogens (tertiary/aromatic N) is 8. The predicted molar refractivity (Wildman–Crippen MR) is 464 cm³/mol. The molecule has 574 valence electrons. The predicted octanol–water partition coefficient (Wildman–Crippen LogP) is 25.2. The molecular formula is C86H94Cl12N8OS. The lowest BCUT2D eigenvalue weighted by atomic mass is 9.91. The largest absolute Gasteiger partial charge is 0.381 e. The second-order valence-corrected chi connectivity index (χ2v) is 36.6. The number of halogens is 12. The average molecular weight is 1710 g/mol. The Kier molecular flexibility index (Phi) is 28.8. The van der Waals surface area contributed by atoms with Crippen molar-refractivity contribution in [3.8, 4) is 0 Å². The maximum atomic E-state index is 6.59. The monoisotopic (exact) mass is 1710 g/mol. The topological polar surface area (TPSA) is 35.2 Å². The molecule has 0 aromatic heterocycles. The maximum absolute atomic E-state index is 6.59. The fourth-order valence-corrected chi connectivity index (χ4v) is 22.2. The van der Waals surface area contributed by atoms with Crippen LogP contribution in [-0.2, 0) is 4.74 Å². The molecule has 108 heavy (non-hydrogen) atoms. The molecule has 8 aromatic rings. The molecule has 9 aliphatic rings. The summed E-state index contributed by atoms with van der Waals surface area (Å²) < 4.78 is 5.55. The van der Waals surface area contributed by atoms with E-state index in [-0.39, 0.29) is 24.2 Å². The Labute approximate surface area is 704 Å². The number of hydrogen-bond donors (Lipinski definition) is 0. The van der Waals surface area contributed by atoms with Crippen LogP contribution in [0.5, 0.6) is 0 Å². The molecule has 17 rings (SSSR count). The molecule has 22 heteroatoms. The molecule has 0 amide bonds. The number of hydrogen-bond acceptors (Lipinski definition) is 10. The third-order valence-electron chi connectivity index (χ3n) is 23.9. The highest BCUT2D eigenvalue weighted by atomic mass is 35.5. The van der Waals surface area contributed by atoms with Crippen molar-refractivity contribution in [1.82, 2.24) is 19.6 Å². The summed E-state index contributed by atoms with van der Waals surface area (Å²) in [5.41, 5.74) is 9.32. The zero-order chi connectivity index (χ0) is 75.0. The van der Waals surface area contributed by atoms with Crippen molar-refractivity contribution in [1.29, 1.82) is 0 Å². The van der Waals surface area contributed by atoms with Crippen LogP contribution in [0.1, 0.15) is 123 Å². The van der Waals surface area contributed by atoms with Gasteiger partial charge in [0, 0.05) is 162 Å². The van der Waals surface area contributed by atoms with Crippen LogP contribution in [0.2, 0.25) is 60.3 Å². The second kappa shape index (κ2) is 38.4. The van der Waals surface area contributed by atoms with Gasteiger partial charge in [-0.25, -0.2) is 0 Å². The summed E-state index contributed by atoms with van der Waals surface area (Å²) in [6.07, 6.45) is 16.0. The van der Waals surface area contributed by atoms with E-state index in [1.54, 1.807) is 0 Å². The van der Waals surface area contributed by atoms with Crippen LogP contribution < -0.4 is 19.6 Å². The van der Waals surface area contributed by atoms with Gasteiger partial charge in [0.15, 0.2) is 0 Å². The minimum absolute atomic E-state index is 0.220. The van der Waals surface area contributed by atoms with Crippen molar-refractivity contribution in [3.05, 3.63) is 252 Å². The number of ether oxygens (including phenoxy) is 1. The molecule has 8 atom stereocenters. The van der Waals surface area contributed by atoms with Crippen molar-refractivity contribution in [3.63, 3.8) is 0 Å². The van der Waals surface area contributed by atoms with Crippen LogP contribution in [0.3, 0.4) is 0 Å². The quantitative estimate of drug-likeness (QED) is 0.118. The number of piperazine rings is 4. The van der Waals surface area contributed by atoms with Crippen LogP contribution >= 0.6 is 151 Å². The van der Waals surface area contributed by atoms with Crippen molar-refractivity contribution in [2.45, 2.75) is 125 Å². The summed E-state index contributed by atoms with van der Waals surface area (Å²) in [5.74, 6) is 4.39.